The molecular formula is C17H17ClF3N2O+. The summed E-state index contributed by atoms with van der Waals surface area (Å²) >= 11 is 5.82. The standard InChI is InChI=1S/C17H16ClF3N2O/c1-11(12-6-8-13(18)9-7-12)22-10-16(24)23-15-5-3-2-4-14(15)17(19,20)21/h2-9,11,22H,10H2,1H3,(H,23,24)/p+1/t11-/m0/s1. The maximum Gasteiger partial charge on any atom is 0.418 e. The number of nitrogens with one attached hydrogen (secondary N) is 1. The molecule has 128 valence electrons. The van der Waals surface area contributed by atoms with Gasteiger partial charge in [0.05, 0.1) is 11.3 Å². The second-order valence-electron chi connectivity index (χ2n) is 5.37. The molecule has 7 heteroatoms. The van der Waals surface area contributed by atoms with Crippen molar-refractivity contribution < 1.29 is 23.3 Å². The number of hydrogen-bond donors (Lipinski definition) is 2. The van der Waals surface area contributed by atoms with Crippen LogP contribution in [-0.4, -0.2) is 12.5 Å². The SMILES string of the molecule is C[C@H]([NH2+]CC(=O)Nc1ccccc1C(F)(F)F)c1ccc(Cl)cc1. The Kier molecular flexibility index (Phi) is 5.85. The minimum Gasteiger partial charge on any atom is -0.333 e. The number of alkyl halides is 3. The first-order valence-electron chi connectivity index (χ1n) is 7.32. The fourth-order valence-electron chi connectivity index (χ4n) is 2.23. The second kappa shape index (κ2) is 7.68. The van der Waals surface area contributed by atoms with Gasteiger partial charge in [0.2, 0.25) is 0 Å². The molecule has 0 heterocycles. The maximum absolute atomic E-state index is 12.9. The fourth-order valence-corrected chi connectivity index (χ4v) is 2.35. The van der Waals surface area contributed by atoms with Crippen molar-refractivity contribution in [2.24, 2.45) is 0 Å². The smallest absolute Gasteiger partial charge is 0.333 e. The lowest BCUT2D eigenvalue weighted by molar-refractivity contribution is -0.682. The summed E-state index contributed by atoms with van der Waals surface area (Å²) in [5.41, 5.74) is -0.116. The number of quaternary nitrogens is 1. The molecule has 1 atom stereocenters. The highest BCUT2D eigenvalue weighted by Gasteiger charge is 2.33. The van der Waals surface area contributed by atoms with E-state index in [1.165, 1.54) is 18.2 Å². The van der Waals surface area contributed by atoms with Crippen molar-refractivity contribution in [3.05, 3.63) is 64.7 Å². The van der Waals surface area contributed by atoms with Crippen molar-refractivity contribution in [1.82, 2.24) is 0 Å². The quantitative estimate of drug-likeness (QED) is 0.843. The number of carbonyl (C=O) groups is 1. The monoisotopic (exact) mass is 357 g/mol. The summed E-state index contributed by atoms with van der Waals surface area (Å²) in [5.74, 6) is -0.493. The van der Waals surface area contributed by atoms with Crippen LogP contribution in [-0.2, 0) is 11.0 Å². The molecule has 0 aromatic heterocycles. The summed E-state index contributed by atoms with van der Waals surface area (Å²) in [6.45, 7) is 1.91. The molecule has 24 heavy (non-hydrogen) atoms. The van der Waals surface area contributed by atoms with Crippen molar-refractivity contribution in [3.8, 4) is 0 Å². The van der Waals surface area contributed by atoms with Gasteiger partial charge in [-0.15, -0.1) is 0 Å². The second-order valence-corrected chi connectivity index (χ2v) is 5.81. The van der Waals surface area contributed by atoms with Gasteiger partial charge in [-0.2, -0.15) is 13.2 Å². The van der Waals surface area contributed by atoms with Crippen molar-refractivity contribution >= 4 is 23.2 Å². The molecule has 3 nitrogen and oxygen atoms in total. The molecule has 0 aliphatic carbocycles. The maximum atomic E-state index is 12.9. The Morgan fingerprint density at radius 2 is 1.79 bits per heavy atom. The Morgan fingerprint density at radius 1 is 1.17 bits per heavy atom. The van der Waals surface area contributed by atoms with Gasteiger partial charge in [0.25, 0.3) is 5.91 Å². The molecule has 0 aliphatic heterocycles. The minimum absolute atomic E-state index is 0.00991. The Balaban J connectivity index is 1.96. The third-order valence-electron chi connectivity index (χ3n) is 3.56. The van der Waals surface area contributed by atoms with Crippen molar-refractivity contribution in [1.29, 1.82) is 0 Å². The van der Waals surface area contributed by atoms with Crippen LogP contribution in [0.1, 0.15) is 24.1 Å². The van der Waals surface area contributed by atoms with Gasteiger partial charge in [-0.3, -0.25) is 4.79 Å². The summed E-state index contributed by atoms with van der Waals surface area (Å²) in [6.07, 6.45) is -4.51. The van der Waals surface area contributed by atoms with Gasteiger partial charge in [0.15, 0.2) is 6.54 Å². The molecule has 3 N–H and O–H groups in total. The number of para-hydroxylation sites is 1. The molecule has 2 rings (SSSR count). The zero-order valence-corrected chi connectivity index (χ0v) is 13.7. The number of rotatable bonds is 5. The molecule has 2 aromatic carbocycles. The molecule has 0 saturated heterocycles. The lowest BCUT2D eigenvalue weighted by Gasteiger charge is -2.14. The number of benzene rings is 2. The van der Waals surface area contributed by atoms with E-state index in [0.29, 0.717) is 5.02 Å². The van der Waals surface area contributed by atoms with E-state index in [0.717, 1.165) is 11.6 Å². The van der Waals surface area contributed by atoms with E-state index >= 15 is 0 Å². The summed E-state index contributed by atoms with van der Waals surface area (Å²) in [7, 11) is 0. The van der Waals surface area contributed by atoms with Crippen molar-refractivity contribution in [2.45, 2.75) is 19.1 Å². The number of halogens is 4. The van der Waals surface area contributed by atoms with Gasteiger partial charge in [0.1, 0.15) is 6.04 Å². The van der Waals surface area contributed by atoms with Crippen LogP contribution < -0.4 is 10.6 Å². The van der Waals surface area contributed by atoms with Gasteiger partial charge in [-0.1, -0.05) is 35.9 Å². The molecule has 0 bridgehead atoms. The highest BCUT2D eigenvalue weighted by molar-refractivity contribution is 6.30. The molecule has 0 unspecified atom stereocenters. The predicted octanol–water partition coefficient (Wildman–Crippen LogP) is 3.62. The molecule has 0 saturated carbocycles. The van der Waals surface area contributed by atoms with E-state index in [2.05, 4.69) is 5.32 Å². The molecule has 1 amide bonds. The Bertz CT molecular complexity index is 702. The molecule has 2 aromatic rings. The summed E-state index contributed by atoms with van der Waals surface area (Å²) in [5, 5.41) is 4.68. The summed E-state index contributed by atoms with van der Waals surface area (Å²) < 4.78 is 38.7. The third kappa shape index (κ3) is 4.97. The zero-order chi connectivity index (χ0) is 17.7. The van der Waals surface area contributed by atoms with Crippen LogP contribution in [0.25, 0.3) is 0 Å². The topological polar surface area (TPSA) is 45.7 Å². The van der Waals surface area contributed by atoms with E-state index in [-0.39, 0.29) is 18.3 Å². The normalized spacial score (nSPS) is 12.7. The van der Waals surface area contributed by atoms with Gasteiger partial charge in [-0.25, -0.2) is 0 Å². The van der Waals surface area contributed by atoms with Crippen LogP contribution in [0.3, 0.4) is 0 Å². The molecule has 0 aliphatic rings. The third-order valence-corrected chi connectivity index (χ3v) is 3.81. The van der Waals surface area contributed by atoms with Gasteiger partial charge >= 0.3 is 6.18 Å². The molecule has 0 spiro atoms. The Hall–Kier alpha value is -2.05. The first-order chi connectivity index (χ1) is 11.3. The van der Waals surface area contributed by atoms with E-state index in [4.69, 9.17) is 11.6 Å². The Labute approximate surface area is 142 Å². The zero-order valence-electron chi connectivity index (χ0n) is 12.9. The highest BCUT2D eigenvalue weighted by atomic mass is 35.5. The van der Waals surface area contributed by atoms with E-state index < -0.39 is 17.6 Å². The van der Waals surface area contributed by atoms with Gasteiger partial charge in [-0.05, 0) is 31.2 Å². The number of nitrogens with two attached hydrogens (primary N) is 1. The average Bonchev–Trinajstić information content (AvgIpc) is 2.53. The van der Waals surface area contributed by atoms with Crippen LogP contribution in [0.15, 0.2) is 48.5 Å². The fraction of sp³-hybridized carbons (Fsp3) is 0.235. The minimum atomic E-state index is -4.51. The van der Waals surface area contributed by atoms with Crippen LogP contribution in [0.5, 0.6) is 0 Å². The van der Waals surface area contributed by atoms with E-state index in [9.17, 15) is 18.0 Å². The first kappa shape index (κ1) is 18.3. The van der Waals surface area contributed by atoms with E-state index in [1.807, 2.05) is 19.1 Å². The van der Waals surface area contributed by atoms with Gasteiger partial charge < -0.3 is 10.6 Å². The predicted molar refractivity (Wildman–Crippen MR) is 86.7 cm³/mol. The largest absolute Gasteiger partial charge is 0.418 e. The number of anilines is 1. The first-order valence-corrected chi connectivity index (χ1v) is 7.70. The van der Waals surface area contributed by atoms with E-state index in [1.54, 1.807) is 17.4 Å². The van der Waals surface area contributed by atoms with Crippen LogP contribution in [0.2, 0.25) is 5.02 Å². The molecule has 0 radical (unpaired) electrons. The van der Waals surface area contributed by atoms with Gasteiger partial charge in [0, 0.05) is 10.6 Å². The van der Waals surface area contributed by atoms with Crippen molar-refractivity contribution in [2.75, 3.05) is 11.9 Å². The Morgan fingerprint density at radius 3 is 2.42 bits per heavy atom. The number of carbonyl (C=O) groups excluding carboxylic acids is 1. The van der Waals surface area contributed by atoms with Crippen molar-refractivity contribution in [3.63, 3.8) is 0 Å². The van der Waals surface area contributed by atoms with Crippen LogP contribution in [0, 0.1) is 0 Å². The van der Waals surface area contributed by atoms with Crippen LogP contribution in [0.4, 0.5) is 18.9 Å². The number of hydrogen-bond acceptors (Lipinski definition) is 1. The van der Waals surface area contributed by atoms with Crippen LogP contribution >= 0.6 is 11.6 Å². The number of amides is 1. The lowest BCUT2D eigenvalue weighted by Crippen LogP contribution is -2.86. The average molecular weight is 358 g/mol. The highest BCUT2D eigenvalue weighted by Crippen LogP contribution is 2.34. The molecular weight excluding hydrogens is 341 g/mol. The lowest BCUT2D eigenvalue weighted by atomic mass is 10.1. The molecule has 0 fully saturated rings. The summed E-state index contributed by atoms with van der Waals surface area (Å²) in [6, 6.07) is 12.1. The summed E-state index contributed by atoms with van der Waals surface area (Å²) in [4.78, 5) is 12.0.